The van der Waals surface area contributed by atoms with Gasteiger partial charge in [0.2, 0.25) is 5.91 Å². The number of nitrogens with zero attached hydrogens (tertiary/aromatic N) is 3. The van der Waals surface area contributed by atoms with E-state index in [1.54, 1.807) is 35.6 Å². The fraction of sp³-hybridized carbons (Fsp3) is 0.240. The molecule has 0 unspecified atom stereocenters. The summed E-state index contributed by atoms with van der Waals surface area (Å²) in [6, 6.07) is 14.6. The van der Waals surface area contributed by atoms with Gasteiger partial charge in [0.15, 0.2) is 0 Å². The van der Waals surface area contributed by atoms with E-state index < -0.39 is 5.69 Å². The molecule has 1 aliphatic heterocycles. The Kier molecular flexibility index (Phi) is 5.70. The van der Waals surface area contributed by atoms with Gasteiger partial charge in [0.05, 0.1) is 31.4 Å². The second-order valence-corrected chi connectivity index (χ2v) is 9.02. The highest BCUT2D eigenvalue weighted by Gasteiger charge is 2.25. The zero-order valence-corrected chi connectivity index (χ0v) is 19.6. The van der Waals surface area contributed by atoms with E-state index in [1.807, 2.05) is 37.3 Å². The number of fused-ring (bicyclic) bond motifs is 2. The zero-order valence-electron chi connectivity index (χ0n) is 18.8. The van der Waals surface area contributed by atoms with Crippen molar-refractivity contribution >= 4 is 33.1 Å². The summed E-state index contributed by atoms with van der Waals surface area (Å²) < 4.78 is 13.9. The third-order valence-electron chi connectivity index (χ3n) is 5.91. The Labute approximate surface area is 199 Å². The number of benzene rings is 2. The molecule has 1 amide bonds. The Balaban J connectivity index is 1.53. The minimum Gasteiger partial charge on any atom is -0.497 e. The summed E-state index contributed by atoms with van der Waals surface area (Å²) in [5.74, 6) is 1.09. The van der Waals surface area contributed by atoms with Gasteiger partial charge < -0.3 is 14.4 Å². The van der Waals surface area contributed by atoms with Gasteiger partial charge in [-0.05, 0) is 53.8 Å². The van der Waals surface area contributed by atoms with Crippen molar-refractivity contribution in [1.82, 2.24) is 9.13 Å². The molecule has 0 N–H and O–H groups in total. The van der Waals surface area contributed by atoms with Gasteiger partial charge in [-0.3, -0.25) is 18.7 Å². The summed E-state index contributed by atoms with van der Waals surface area (Å²) in [5, 5.41) is 1.76. The molecule has 1 aliphatic rings. The van der Waals surface area contributed by atoms with E-state index in [-0.39, 0.29) is 24.6 Å². The Morgan fingerprint density at radius 3 is 2.65 bits per heavy atom. The van der Waals surface area contributed by atoms with Crippen molar-refractivity contribution in [3.05, 3.63) is 85.9 Å². The number of amides is 1. The SMILES string of the molecule is COc1ccc(Cn2c(=O)c3sccc3n(CC(=O)N3CCOc4ccc(C)cc43)c2=O)cc1. The lowest BCUT2D eigenvalue weighted by Gasteiger charge is -2.30. The van der Waals surface area contributed by atoms with Gasteiger partial charge in [-0.25, -0.2) is 4.79 Å². The first-order chi connectivity index (χ1) is 16.5. The van der Waals surface area contributed by atoms with Gasteiger partial charge in [0.1, 0.15) is 29.4 Å². The molecular formula is C25H23N3O5S. The summed E-state index contributed by atoms with van der Waals surface area (Å²) in [4.78, 5) is 41.6. The number of rotatable bonds is 5. The maximum absolute atomic E-state index is 13.5. The van der Waals surface area contributed by atoms with E-state index in [9.17, 15) is 14.4 Å². The monoisotopic (exact) mass is 477 g/mol. The molecule has 4 aromatic rings. The van der Waals surface area contributed by atoms with Crippen LogP contribution in [0.1, 0.15) is 11.1 Å². The number of carbonyl (C=O) groups is 1. The lowest BCUT2D eigenvalue weighted by atomic mass is 10.1. The van der Waals surface area contributed by atoms with E-state index in [0.717, 1.165) is 11.1 Å². The van der Waals surface area contributed by atoms with Crippen LogP contribution in [0.4, 0.5) is 5.69 Å². The molecule has 2 aromatic carbocycles. The number of hydrogen-bond acceptors (Lipinski definition) is 6. The van der Waals surface area contributed by atoms with Crippen LogP contribution in [0.5, 0.6) is 11.5 Å². The standard InChI is InChI=1S/C25H23N3O5S/c1-16-3-8-21-20(13-16)26(10-11-33-21)22(29)15-27-19-9-12-34-23(19)24(30)28(25(27)31)14-17-4-6-18(32-2)7-5-17/h3-9,12-13H,10-11,14-15H2,1-2H3. The number of methoxy groups -OCH3 is 1. The van der Waals surface area contributed by atoms with Crippen LogP contribution in [-0.2, 0) is 17.9 Å². The third-order valence-corrected chi connectivity index (χ3v) is 6.80. The number of aromatic nitrogens is 2. The third kappa shape index (κ3) is 3.88. The normalized spacial score (nSPS) is 12.9. The summed E-state index contributed by atoms with van der Waals surface area (Å²) in [7, 11) is 1.58. The minimum atomic E-state index is -0.516. The smallest absolute Gasteiger partial charge is 0.332 e. The van der Waals surface area contributed by atoms with Gasteiger partial charge in [0, 0.05) is 0 Å². The summed E-state index contributed by atoms with van der Waals surface area (Å²) in [6.45, 7) is 2.64. The molecule has 34 heavy (non-hydrogen) atoms. The highest BCUT2D eigenvalue weighted by molar-refractivity contribution is 7.17. The first-order valence-corrected chi connectivity index (χ1v) is 11.7. The van der Waals surface area contributed by atoms with Crippen molar-refractivity contribution < 1.29 is 14.3 Å². The van der Waals surface area contributed by atoms with E-state index in [2.05, 4.69) is 0 Å². The summed E-state index contributed by atoms with van der Waals surface area (Å²) >= 11 is 1.26. The fourth-order valence-corrected chi connectivity index (χ4v) is 4.99. The Hall–Kier alpha value is -3.85. The van der Waals surface area contributed by atoms with Crippen molar-refractivity contribution in [3.63, 3.8) is 0 Å². The Morgan fingerprint density at radius 1 is 1.09 bits per heavy atom. The molecule has 3 heterocycles. The lowest BCUT2D eigenvalue weighted by molar-refractivity contribution is -0.119. The van der Waals surface area contributed by atoms with Crippen molar-refractivity contribution in [1.29, 1.82) is 0 Å². The first-order valence-electron chi connectivity index (χ1n) is 10.8. The van der Waals surface area contributed by atoms with Gasteiger partial charge in [0.25, 0.3) is 5.56 Å². The molecule has 0 radical (unpaired) electrons. The predicted octanol–water partition coefficient (Wildman–Crippen LogP) is 3.02. The molecule has 8 nitrogen and oxygen atoms in total. The van der Waals surface area contributed by atoms with Crippen LogP contribution in [0.15, 0.2) is 63.5 Å². The maximum atomic E-state index is 13.5. The average molecular weight is 478 g/mol. The highest BCUT2D eigenvalue weighted by Crippen LogP contribution is 2.32. The molecule has 0 saturated heterocycles. The number of anilines is 1. The number of aryl methyl sites for hydroxylation is 1. The molecule has 0 aliphatic carbocycles. The molecule has 2 aromatic heterocycles. The molecule has 0 bridgehead atoms. The van der Waals surface area contributed by atoms with Crippen molar-refractivity contribution in [2.45, 2.75) is 20.0 Å². The Bertz CT molecular complexity index is 1500. The number of carbonyl (C=O) groups excluding carboxylic acids is 1. The van der Waals surface area contributed by atoms with Crippen LogP contribution in [0.25, 0.3) is 10.2 Å². The molecule has 5 rings (SSSR count). The van der Waals surface area contributed by atoms with Crippen LogP contribution in [0, 0.1) is 6.92 Å². The first kappa shape index (κ1) is 22.0. The molecule has 174 valence electrons. The number of hydrogen-bond donors (Lipinski definition) is 0. The van der Waals surface area contributed by atoms with Crippen LogP contribution in [0.2, 0.25) is 0 Å². The van der Waals surface area contributed by atoms with Crippen LogP contribution >= 0.6 is 11.3 Å². The second kappa shape index (κ2) is 8.83. The molecule has 9 heteroatoms. The Morgan fingerprint density at radius 2 is 1.88 bits per heavy atom. The van der Waals surface area contributed by atoms with Crippen molar-refractivity contribution in [2.75, 3.05) is 25.2 Å². The molecular weight excluding hydrogens is 454 g/mol. The van der Waals surface area contributed by atoms with Crippen molar-refractivity contribution in [2.24, 2.45) is 0 Å². The topological polar surface area (TPSA) is 82.8 Å². The van der Waals surface area contributed by atoms with E-state index in [1.165, 1.54) is 20.5 Å². The van der Waals surface area contributed by atoms with Gasteiger partial charge in [-0.1, -0.05) is 18.2 Å². The molecule has 0 spiro atoms. The molecule has 0 fully saturated rings. The second-order valence-electron chi connectivity index (χ2n) is 8.11. The average Bonchev–Trinajstić information content (AvgIpc) is 3.34. The van der Waals surface area contributed by atoms with Gasteiger partial charge >= 0.3 is 5.69 Å². The summed E-state index contributed by atoms with van der Waals surface area (Å²) in [6.07, 6.45) is 0. The zero-order chi connectivity index (χ0) is 23.8. The van der Waals surface area contributed by atoms with Gasteiger partial charge in [-0.2, -0.15) is 0 Å². The minimum absolute atomic E-state index is 0.100. The summed E-state index contributed by atoms with van der Waals surface area (Å²) in [5.41, 5.74) is 2.08. The van der Waals surface area contributed by atoms with Crippen LogP contribution < -0.4 is 25.6 Å². The van der Waals surface area contributed by atoms with E-state index in [0.29, 0.717) is 40.6 Å². The maximum Gasteiger partial charge on any atom is 0.332 e. The van der Waals surface area contributed by atoms with Crippen LogP contribution in [-0.4, -0.2) is 35.3 Å². The van der Waals surface area contributed by atoms with E-state index >= 15 is 0 Å². The highest BCUT2D eigenvalue weighted by atomic mass is 32.1. The fourth-order valence-electron chi connectivity index (χ4n) is 4.15. The molecule has 0 saturated carbocycles. The van der Waals surface area contributed by atoms with E-state index in [4.69, 9.17) is 9.47 Å². The van der Waals surface area contributed by atoms with Gasteiger partial charge in [-0.15, -0.1) is 11.3 Å². The van der Waals surface area contributed by atoms with Crippen molar-refractivity contribution in [3.8, 4) is 11.5 Å². The quantitative estimate of drug-likeness (QED) is 0.441. The number of thiophene rings is 1. The molecule has 0 atom stereocenters. The predicted molar refractivity (Wildman–Crippen MR) is 131 cm³/mol. The van der Waals surface area contributed by atoms with Crippen LogP contribution in [0.3, 0.4) is 0 Å². The lowest BCUT2D eigenvalue weighted by Crippen LogP contribution is -2.45. The largest absolute Gasteiger partial charge is 0.497 e. The number of ether oxygens (including phenoxy) is 2.